The molecule has 0 unspecified atom stereocenters. The van der Waals surface area contributed by atoms with Crippen LogP contribution in [0.4, 0.5) is 0 Å². The van der Waals surface area contributed by atoms with Gasteiger partial charge in [-0.25, -0.2) is 4.57 Å². The molecule has 0 atom stereocenters. The van der Waals surface area contributed by atoms with Gasteiger partial charge >= 0.3 is 0 Å². The van der Waals surface area contributed by atoms with Crippen molar-refractivity contribution >= 4 is 11.5 Å². The lowest BCUT2D eigenvalue weighted by Crippen LogP contribution is -2.29. The predicted octanol–water partition coefficient (Wildman–Crippen LogP) is 0.0584. The number of nitro groups is 1. The zero-order valence-electron chi connectivity index (χ0n) is 11.1. The molecule has 7 heteroatoms. The topological polar surface area (TPSA) is 111 Å². The van der Waals surface area contributed by atoms with Gasteiger partial charge in [0.15, 0.2) is 18.2 Å². The summed E-state index contributed by atoms with van der Waals surface area (Å²) in [6.45, 7) is 0. The first-order chi connectivity index (χ1) is 9.90. The molecule has 1 aromatic rings. The van der Waals surface area contributed by atoms with Crippen LogP contribution in [0.2, 0.25) is 0 Å². The minimum Gasteiger partial charge on any atom is -0.869 e. The molecule has 2 rings (SSSR count). The molecule has 1 aliphatic carbocycles. The van der Waals surface area contributed by atoms with E-state index >= 15 is 0 Å². The van der Waals surface area contributed by atoms with E-state index in [1.54, 1.807) is 23.9 Å². The van der Waals surface area contributed by atoms with Crippen LogP contribution in [-0.4, -0.2) is 16.4 Å². The highest BCUT2D eigenvalue weighted by Crippen LogP contribution is 2.17. The summed E-state index contributed by atoms with van der Waals surface area (Å²) in [5.74, 6) is -1.59. The second kappa shape index (κ2) is 5.49. The summed E-state index contributed by atoms with van der Waals surface area (Å²) in [5.41, 5.74) is -0.723. The van der Waals surface area contributed by atoms with E-state index in [-0.39, 0.29) is 16.8 Å². The molecule has 0 bridgehead atoms. The number of aryl methyl sites for hydroxylation is 1. The van der Waals surface area contributed by atoms with Gasteiger partial charge in [-0.1, -0.05) is 11.8 Å². The molecule has 1 N–H and O–H groups in total. The van der Waals surface area contributed by atoms with Gasteiger partial charge in [-0.05, 0) is 17.7 Å². The fourth-order valence-electron chi connectivity index (χ4n) is 1.81. The van der Waals surface area contributed by atoms with Crippen molar-refractivity contribution in [3.8, 4) is 0 Å². The highest BCUT2D eigenvalue weighted by Gasteiger charge is 2.20. The summed E-state index contributed by atoms with van der Waals surface area (Å²) in [6.07, 6.45) is 6.52. The van der Waals surface area contributed by atoms with Crippen LogP contribution in [-0.2, 0) is 7.05 Å². The monoisotopic (exact) mass is 285 g/mol. The van der Waals surface area contributed by atoms with Gasteiger partial charge in [0.1, 0.15) is 12.8 Å². The SMILES string of the molecule is C[n+]1cccc(C(=O)C([O-])=C2C=CC(=N)C([N+](=O)[O-])=C2)c1. The summed E-state index contributed by atoms with van der Waals surface area (Å²) >= 11 is 0. The third-order valence-corrected chi connectivity index (χ3v) is 2.86. The molecule has 0 radical (unpaired) electrons. The Hall–Kier alpha value is -3.09. The number of hydrogen-bond donors (Lipinski definition) is 1. The van der Waals surface area contributed by atoms with E-state index in [2.05, 4.69) is 0 Å². The molecule has 1 heterocycles. The fourth-order valence-corrected chi connectivity index (χ4v) is 1.81. The van der Waals surface area contributed by atoms with Crippen molar-refractivity contribution in [2.75, 3.05) is 0 Å². The highest BCUT2D eigenvalue weighted by molar-refractivity contribution is 6.10. The van der Waals surface area contributed by atoms with Crippen molar-refractivity contribution in [2.45, 2.75) is 0 Å². The third-order valence-electron chi connectivity index (χ3n) is 2.86. The first-order valence-corrected chi connectivity index (χ1v) is 5.94. The second-order valence-electron chi connectivity index (χ2n) is 4.41. The molecule has 1 aliphatic rings. The van der Waals surface area contributed by atoms with Gasteiger partial charge in [-0.2, -0.15) is 0 Å². The van der Waals surface area contributed by atoms with E-state index in [9.17, 15) is 20.0 Å². The van der Waals surface area contributed by atoms with Crippen molar-refractivity contribution < 1.29 is 19.4 Å². The first-order valence-electron chi connectivity index (χ1n) is 5.94. The minimum absolute atomic E-state index is 0.103. The van der Waals surface area contributed by atoms with Crippen LogP contribution < -0.4 is 9.67 Å². The van der Waals surface area contributed by atoms with E-state index in [4.69, 9.17) is 5.41 Å². The van der Waals surface area contributed by atoms with E-state index in [0.717, 1.165) is 12.2 Å². The minimum atomic E-state index is -0.843. The number of carbonyl (C=O) groups excluding carboxylic acids is 1. The predicted molar refractivity (Wildman–Crippen MR) is 70.9 cm³/mol. The molecule has 0 saturated heterocycles. The lowest BCUT2D eigenvalue weighted by atomic mass is 10.0. The van der Waals surface area contributed by atoms with Gasteiger partial charge in [-0.15, -0.1) is 0 Å². The summed E-state index contributed by atoms with van der Waals surface area (Å²) < 4.78 is 1.62. The Kier molecular flexibility index (Phi) is 3.75. The van der Waals surface area contributed by atoms with E-state index in [1.807, 2.05) is 0 Å². The quantitative estimate of drug-likeness (QED) is 0.211. The number of nitrogens with one attached hydrogen (secondary N) is 1. The van der Waals surface area contributed by atoms with Crippen molar-refractivity contribution in [3.63, 3.8) is 0 Å². The standard InChI is InChI=1S/C14H11N3O4/c1-16-6-2-3-10(8-16)14(19)13(18)9-4-5-11(15)12(7-9)17(20)21/h2-8H,1H3,(H-,15,18). The molecule has 0 amide bonds. The van der Waals surface area contributed by atoms with Crippen molar-refractivity contribution in [3.05, 3.63) is 75.5 Å². The van der Waals surface area contributed by atoms with E-state index in [1.165, 1.54) is 18.3 Å². The molecule has 1 aromatic heterocycles. The Balaban J connectivity index is 2.44. The number of pyridine rings is 1. The molecule has 7 nitrogen and oxygen atoms in total. The van der Waals surface area contributed by atoms with Gasteiger partial charge in [0.05, 0.1) is 10.5 Å². The van der Waals surface area contributed by atoms with Gasteiger partial charge in [-0.3, -0.25) is 20.3 Å². The number of hydrogen-bond acceptors (Lipinski definition) is 5. The van der Waals surface area contributed by atoms with Crippen LogP contribution in [0.5, 0.6) is 0 Å². The molecule has 21 heavy (non-hydrogen) atoms. The maximum atomic E-state index is 12.1. The van der Waals surface area contributed by atoms with Crippen molar-refractivity contribution in [1.29, 1.82) is 5.41 Å². The average Bonchev–Trinajstić information content (AvgIpc) is 2.46. The Morgan fingerprint density at radius 2 is 2.10 bits per heavy atom. The Bertz CT molecular complexity index is 744. The lowest BCUT2D eigenvalue weighted by Gasteiger charge is -2.15. The number of rotatable bonds is 3. The zero-order valence-corrected chi connectivity index (χ0v) is 11.1. The molecule has 0 aromatic carbocycles. The summed E-state index contributed by atoms with van der Waals surface area (Å²) in [4.78, 5) is 22.1. The Morgan fingerprint density at radius 1 is 1.38 bits per heavy atom. The summed E-state index contributed by atoms with van der Waals surface area (Å²) in [5, 5.41) is 30.3. The van der Waals surface area contributed by atoms with Crippen LogP contribution in [0.3, 0.4) is 0 Å². The van der Waals surface area contributed by atoms with Crippen LogP contribution in [0.15, 0.2) is 59.8 Å². The maximum Gasteiger partial charge on any atom is 0.294 e. The van der Waals surface area contributed by atoms with Crippen LogP contribution >= 0.6 is 0 Å². The largest absolute Gasteiger partial charge is 0.869 e. The molecule has 0 aliphatic heterocycles. The Labute approximate surface area is 119 Å². The number of carbonyl (C=O) groups is 1. The third kappa shape index (κ3) is 2.92. The van der Waals surface area contributed by atoms with Crippen molar-refractivity contribution in [2.24, 2.45) is 7.05 Å². The van der Waals surface area contributed by atoms with Gasteiger partial charge in [0.25, 0.3) is 5.70 Å². The normalized spacial score (nSPS) is 16.4. The molecule has 0 fully saturated rings. The summed E-state index contributed by atoms with van der Waals surface area (Å²) in [6, 6.07) is 3.11. The highest BCUT2D eigenvalue weighted by atomic mass is 16.6. The molecule has 0 spiro atoms. The summed E-state index contributed by atoms with van der Waals surface area (Å²) in [7, 11) is 1.71. The van der Waals surface area contributed by atoms with Crippen LogP contribution in [0.1, 0.15) is 10.4 Å². The maximum absolute atomic E-state index is 12.1. The number of allylic oxidation sites excluding steroid dienone is 5. The molecule has 0 saturated carbocycles. The van der Waals surface area contributed by atoms with Gasteiger partial charge < -0.3 is 5.11 Å². The van der Waals surface area contributed by atoms with Crippen LogP contribution in [0.25, 0.3) is 0 Å². The van der Waals surface area contributed by atoms with Crippen LogP contribution in [0, 0.1) is 15.5 Å². The van der Waals surface area contributed by atoms with E-state index < -0.39 is 22.2 Å². The average molecular weight is 285 g/mol. The number of aromatic nitrogens is 1. The Morgan fingerprint density at radius 3 is 2.71 bits per heavy atom. The first kappa shape index (κ1) is 14.3. The zero-order chi connectivity index (χ0) is 15.6. The smallest absolute Gasteiger partial charge is 0.294 e. The molecule has 106 valence electrons. The molecular formula is C14H11N3O4. The number of nitrogens with zero attached hydrogens (tertiary/aromatic N) is 2. The fraction of sp³-hybridized carbons (Fsp3) is 0.0714. The second-order valence-corrected chi connectivity index (χ2v) is 4.41. The molecular weight excluding hydrogens is 274 g/mol. The number of Topliss-reactive ketones (excluding diaryl/α,β-unsaturated/α-hetero) is 1. The lowest BCUT2D eigenvalue weighted by molar-refractivity contribution is -0.671. The van der Waals surface area contributed by atoms with Gasteiger partial charge in [0, 0.05) is 12.1 Å². The number of ketones is 1. The van der Waals surface area contributed by atoms with E-state index in [0.29, 0.717) is 0 Å². The van der Waals surface area contributed by atoms with Crippen molar-refractivity contribution in [1.82, 2.24) is 0 Å². The van der Waals surface area contributed by atoms with Gasteiger partial charge in [0.2, 0.25) is 0 Å².